The van der Waals surface area contributed by atoms with Gasteiger partial charge in [-0.3, -0.25) is 4.79 Å². The number of hydrogen-bond donors (Lipinski definition) is 2. The zero-order chi connectivity index (χ0) is 15.2. The van der Waals surface area contributed by atoms with Gasteiger partial charge < -0.3 is 10.2 Å². The molecular formula is C17H20BrN2O+. The first-order valence-corrected chi connectivity index (χ1v) is 7.75. The number of carbonyl (C=O) groups excluding carboxylic acids is 1. The van der Waals surface area contributed by atoms with Crippen molar-refractivity contribution in [1.82, 2.24) is 0 Å². The number of carbonyl (C=O) groups is 1. The predicted octanol–water partition coefficient (Wildman–Crippen LogP) is 2.41. The highest BCUT2D eigenvalue weighted by atomic mass is 79.9. The first kappa shape index (κ1) is 15.7. The maximum absolute atomic E-state index is 12.1. The highest BCUT2D eigenvalue weighted by molar-refractivity contribution is 9.10. The van der Waals surface area contributed by atoms with Gasteiger partial charge in [-0.15, -0.1) is 0 Å². The Bertz CT molecular complexity index is 613. The lowest BCUT2D eigenvalue weighted by molar-refractivity contribution is -0.885. The molecular weight excluding hydrogens is 328 g/mol. The van der Waals surface area contributed by atoms with Crippen LogP contribution in [0.1, 0.15) is 11.1 Å². The van der Waals surface area contributed by atoms with Crippen molar-refractivity contribution < 1.29 is 9.69 Å². The lowest BCUT2D eigenvalue weighted by Gasteiger charge is -2.14. The second-order valence-electron chi connectivity index (χ2n) is 5.33. The number of amides is 1. The van der Waals surface area contributed by atoms with E-state index in [4.69, 9.17) is 0 Å². The summed E-state index contributed by atoms with van der Waals surface area (Å²) in [7, 11) is 2.02. The number of benzene rings is 2. The highest BCUT2D eigenvalue weighted by Crippen LogP contribution is 2.22. The highest BCUT2D eigenvalue weighted by Gasteiger charge is 2.12. The minimum atomic E-state index is 0.0213. The molecule has 3 nitrogen and oxygen atoms in total. The van der Waals surface area contributed by atoms with Gasteiger partial charge in [0.05, 0.1) is 12.7 Å². The van der Waals surface area contributed by atoms with Gasteiger partial charge in [-0.1, -0.05) is 36.4 Å². The van der Waals surface area contributed by atoms with Gasteiger partial charge in [0.2, 0.25) is 0 Å². The van der Waals surface area contributed by atoms with Crippen LogP contribution in [0.15, 0.2) is 53.0 Å². The van der Waals surface area contributed by atoms with Crippen LogP contribution in [-0.2, 0) is 11.3 Å². The van der Waals surface area contributed by atoms with Gasteiger partial charge in [0.15, 0.2) is 6.54 Å². The van der Waals surface area contributed by atoms with Gasteiger partial charge in [-0.05, 0) is 40.5 Å². The molecule has 2 aromatic carbocycles. The van der Waals surface area contributed by atoms with E-state index in [9.17, 15) is 4.79 Å². The molecule has 0 aliphatic carbocycles. The van der Waals surface area contributed by atoms with E-state index in [1.807, 2.05) is 50.4 Å². The Kier molecular flexibility index (Phi) is 5.53. The van der Waals surface area contributed by atoms with Crippen LogP contribution in [0.25, 0.3) is 0 Å². The fourth-order valence-corrected chi connectivity index (χ4v) is 2.79. The third kappa shape index (κ3) is 4.99. The van der Waals surface area contributed by atoms with Crippen molar-refractivity contribution in [3.05, 3.63) is 64.1 Å². The van der Waals surface area contributed by atoms with Gasteiger partial charge >= 0.3 is 0 Å². The summed E-state index contributed by atoms with van der Waals surface area (Å²) in [6, 6.07) is 16.1. The summed E-state index contributed by atoms with van der Waals surface area (Å²) in [5.74, 6) is 0.0213. The summed E-state index contributed by atoms with van der Waals surface area (Å²) in [6.07, 6.45) is 0. The molecule has 2 rings (SSSR count). The topological polar surface area (TPSA) is 33.5 Å². The third-order valence-electron chi connectivity index (χ3n) is 3.21. The quantitative estimate of drug-likeness (QED) is 0.855. The van der Waals surface area contributed by atoms with Crippen LogP contribution in [-0.4, -0.2) is 19.5 Å². The lowest BCUT2D eigenvalue weighted by Crippen LogP contribution is -3.08. The zero-order valence-corrected chi connectivity index (χ0v) is 13.9. The molecule has 0 aliphatic heterocycles. The van der Waals surface area contributed by atoms with Crippen LogP contribution in [0.3, 0.4) is 0 Å². The first-order valence-electron chi connectivity index (χ1n) is 6.96. The zero-order valence-electron chi connectivity index (χ0n) is 12.3. The molecule has 0 aliphatic rings. The summed E-state index contributed by atoms with van der Waals surface area (Å²) in [6.45, 7) is 3.30. The number of aryl methyl sites for hydroxylation is 1. The minimum Gasteiger partial charge on any atom is -0.326 e. The monoisotopic (exact) mass is 347 g/mol. The maximum Gasteiger partial charge on any atom is 0.279 e. The summed E-state index contributed by atoms with van der Waals surface area (Å²) in [5, 5.41) is 2.95. The number of halogens is 1. The number of hydrogen-bond acceptors (Lipinski definition) is 1. The van der Waals surface area contributed by atoms with E-state index in [0.29, 0.717) is 6.54 Å². The summed E-state index contributed by atoms with van der Waals surface area (Å²) >= 11 is 3.47. The van der Waals surface area contributed by atoms with Crippen molar-refractivity contribution in [2.75, 3.05) is 18.9 Å². The second kappa shape index (κ2) is 7.38. The molecule has 0 bridgehead atoms. The maximum atomic E-state index is 12.1. The van der Waals surface area contributed by atoms with Gasteiger partial charge in [0.25, 0.3) is 5.91 Å². The Hall–Kier alpha value is -1.65. The Labute approximate surface area is 134 Å². The Morgan fingerprint density at radius 1 is 1.19 bits per heavy atom. The van der Waals surface area contributed by atoms with Crippen LogP contribution in [0, 0.1) is 6.92 Å². The summed E-state index contributed by atoms with van der Waals surface area (Å²) in [5.41, 5.74) is 3.21. The molecule has 1 unspecified atom stereocenters. The standard InChI is InChI=1S/C17H19BrN2O/c1-13-8-9-16(15(18)10-13)19-17(21)12-20(2)11-14-6-4-3-5-7-14/h3-10H,11-12H2,1-2H3,(H,19,21)/p+1. The van der Waals surface area contributed by atoms with Crippen molar-refractivity contribution in [3.63, 3.8) is 0 Å². The van der Waals surface area contributed by atoms with Crippen LogP contribution in [0.5, 0.6) is 0 Å². The van der Waals surface area contributed by atoms with E-state index >= 15 is 0 Å². The van der Waals surface area contributed by atoms with Crippen LogP contribution in [0.4, 0.5) is 5.69 Å². The molecule has 110 valence electrons. The number of likely N-dealkylation sites (N-methyl/N-ethyl adjacent to an activating group) is 1. The smallest absolute Gasteiger partial charge is 0.279 e. The van der Waals surface area contributed by atoms with E-state index < -0.39 is 0 Å². The molecule has 0 heterocycles. The fourth-order valence-electron chi connectivity index (χ4n) is 2.20. The van der Waals surface area contributed by atoms with Gasteiger partial charge in [-0.25, -0.2) is 0 Å². The lowest BCUT2D eigenvalue weighted by atomic mass is 10.2. The average molecular weight is 348 g/mol. The van der Waals surface area contributed by atoms with E-state index in [-0.39, 0.29) is 5.91 Å². The number of anilines is 1. The van der Waals surface area contributed by atoms with Crippen molar-refractivity contribution in [2.45, 2.75) is 13.5 Å². The average Bonchev–Trinajstić information content (AvgIpc) is 2.43. The predicted molar refractivity (Wildman–Crippen MR) is 89.4 cm³/mol. The van der Waals surface area contributed by atoms with E-state index in [1.165, 1.54) is 5.56 Å². The van der Waals surface area contributed by atoms with E-state index in [0.717, 1.165) is 27.2 Å². The van der Waals surface area contributed by atoms with Gasteiger partial charge in [-0.2, -0.15) is 0 Å². The molecule has 1 amide bonds. The molecule has 1 atom stereocenters. The minimum absolute atomic E-state index is 0.0213. The van der Waals surface area contributed by atoms with Gasteiger partial charge in [0, 0.05) is 10.0 Å². The second-order valence-corrected chi connectivity index (χ2v) is 6.18. The molecule has 0 radical (unpaired) electrons. The Morgan fingerprint density at radius 3 is 2.57 bits per heavy atom. The molecule has 0 saturated heterocycles. The first-order chi connectivity index (χ1) is 10.0. The largest absolute Gasteiger partial charge is 0.326 e. The molecule has 0 spiro atoms. The number of rotatable bonds is 5. The number of quaternary nitrogens is 1. The van der Waals surface area contributed by atoms with Crippen molar-refractivity contribution in [3.8, 4) is 0 Å². The van der Waals surface area contributed by atoms with Crippen LogP contribution >= 0.6 is 15.9 Å². The van der Waals surface area contributed by atoms with E-state index in [2.05, 4.69) is 33.4 Å². The van der Waals surface area contributed by atoms with E-state index in [1.54, 1.807) is 0 Å². The molecule has 0 aromatic heterocycles. The Balaban J connectivity index is 1.89. The summed E-state index contributed by atoms with van der Waals surface area (Å²) in [4.78, 5) is 13.3. The third-order valence-corrected chi connectivity index (χ3v) is 3.87. The van der Waals surface area contributed by atoms with Gasteiger partial charge in [0.1, 0.15) is 6.54 Å². The fraction of sp³-hybridized carbons (Fsp3) is 0.235. The van der Waals surface area contributed by atoms with Crippen LogP contribution in [0.2, 0.25) is 0 Å². The van der Waals surface area contributed by atoms with Crippen molar-refractivity contribution in [2.24, 2.45) is 0 Å². The molecule has 21 heavy (non-hydrogen) atoms. The van der Waals surface area contributed by atoms with Crippen molar-refractivity contribution in [1.29, 1.82) is 0 Å². The molecule has 0 fully saturated rings. The molecule has 2 aromatic rings. The van der Waals surface area contributed by atoms with Crippen molar-refractivity contribution >= 4 is 27.5 Å². The number of nitrogens with one attached hydrogen (secondary N) is 2. The molecule has 4 heteroatoms. The normalized spacial score (nSPS) is 12.0. The Morgan fingerprint density at radius 2 is 1.90 bits per heavy atom. The van der Waals surface area contributed by atoms with Crippen LogP contribution < -0.4 is 10.2 Å². The SMILES string of the molecule is Cc1ccc(NC(=O)C[NH+](C)Cc2ccccc2)c(Br)c1. The molecule has 2 N–H and O–H groups in total. The summed E-state index contributed by atoms with van der Waals surface area (Å²) < 4.78 is 0.913. The molecule has 0 saturated carbocycles.